The van der Waals surface area contributed by atoms with Crippen LogP contribution in [0.15, 0.2) is 18.2 Å². The largest absolute Gasteiger partial charge is 0.383 e. The van der Waals surface area contributed by atoms with Crippen molar-refractivity contribution in [3.8, 4) is 0 Å². The van der Waals surface area contributed by atoms with E-state index in [4.69, 9.17) is 9.47 Å². The number of ether oxygens (including phenoxy) is 2. The first-order valence-electron chi connectivity index (χ1n) is 7.65. The fourth-order valence-electron chi connectivity index (χ4n) is 3.29. The van der Waals surface area contributed by atoms with Crippen molar-refractivity contribution in [2.75, 3.05) is 27.4 Å². The van der Waals surface area contributed by atoms with Gasteiger partial charge < -0.3 is 19.4 Å². The van der Waals surface area contributed by atoms with Gasteiger partial charge in [0.15, 0.2) is 0 Å². The van der Waals surface area contributed by atoms with Gasteiger partial charge in [-0.3, -0.25) is 4.79 Å². The highest BCUT2D eigenvalue weighted by atomic mass is 19.1. The maximum absolute atomic E-state index is 13.5. The fraction of sp³-hybridized carbons (Fsp3) is 0.471. The summed E-state index contributed by atoms with van der Waals surface area (Å²) >= 11 is 0. The molecule has 1 aliphatic rings. The highest BCUT2D eigenvalue weighted by Gasteiger charge is 2.36. The molecule has 0 unspecified atom stereocenters. The summed E-state index contributed by atoms with van der Waals surface area (Å²) in [6.45, 7) is 2.84. The number of fused-ring (bicyclic) bond motifs is 1. The lowest BCUT2D eigenvalue weighted by molar-refractivity contribution is 0.0607. The Hall–Kier alpha value is -1.92. The van der Waals surface area contributed by atoms with Gasteiger partial charge >= 0.3 is 0 Å². The first-order chi connectivity index (χ1) is 11.0. The van der Waals surface area contributed by atoms with Crippen molar-refractivity contribution in [2.24, 2.45) is 0 Å². The molecule has 1 amide bonds. The zero-order chi connectivity index (χ0) is 16.6. The summed E-state index contributed by atoms with van der Waals surface area (Å²) in [6, 6.07) is 4.65. The molecule has 5 nitrogen and oxygen atoms in total. The summed E-state index contributed by atoms with van der Waals surface area (Å²) < 4.78 is 24.1. The Morgan fingerprint density at radius 1 is 1.39 bits per heavy atom. The second kappa shape index (κ2) is 6.29. The molecule has 3 rings (SSSR count). The Balaban J connectivity index is 1.91. The van der Waals surface area contributed by atoms with E-state index in [-0.39, 0.29) is 23.9 Å². The standard InChI is InChI=1S/C17H21FN2O3/c1-10-4-11(18)5-15-14(10)7-16(19-15)17(21)20-8-13(23-3)6-12(20)9-22-2/h4-5,7,12-13,19H,6,8-9H2,1-3H3/t12-,13+/m0/s1. The van der Waals surface area contributed by atoms with E-state index in [2.05, 4.69) is 4.98 Å². The minimum Gasteiger partial charge on any atom is -0.383 e. The highest BCUT2D eigenvalue weighted by molar-refractivity contribution is 5.99. The number of rotatable bonds is 4. The topological polar surface area (TPSA) is 54.6 Å². The first kappa shape index (κ1) is 16.0. The Morgan fingerprint density at radius 3 is 2.87 bits per heavy atom. The molecule has 124 valence electrons. The molecular weight excluding hydrogens is 299 g/mol. The molecule has 0 radical (unpaired) electrons. The number of amides is 1. The number of aromatic amines is 1. The third-order valence-electron chi connectivity index (χ3n) is 4.47. The lowest BCUT2D eigenvalue weighted by atomic mass is 10.1. The van der Waals surface area contributed by atoms with Gasteiger partial charge in [0.2, 0.25) is 0 Å². The smallest absolute Gasteiger partial charge is 0.270 e. The molecule has 2 atom stereocenters. The van der Waals surface area contributed by atoms with Crippen LogP contribution in [-0.2, 0) is 9.47 Å². The molecule has 6 heteroatoms. The quantitative estimate of drug-likeness (QED) is 0.942. The summed E-state index contributed by atoms with van der Waals surface area (Å²) in [6.07, 6.45) is 0.770. The predicted octanol–water partition coefficient (Wildman–Crippen LogP) is 2.49. The van der Waals surface area contributed by atoms with Gasteiger partial charge in [-0.05, 0) is 37.1 Å². The number of hydrogen-bond acceptors (Lipinski definition) is 3. The Bertz CT molecular complexity index is 728. The number of halogens is 1. The molecule has 1 fully saturated rings. The number of nitrogens with zero attached hydrogens (tertiary/aromatic N) is 1. The molecule has 23 heavy (non-hydrogen) atoms. The van der Waals surface area contributed by atoms with Gasteiger partial charge in [0.1, 0.15) is 11.5 Å². The third kappa shape index (κ3) is 2.96. The molecular formula is C17H21FN2O3. The van der Waals surface area contributed by atoms with Gasteiger partial charge in [0, 0.05) is 31.7 Å². The van der Waals surface area contributed by atoms with Crippen LogP contribution in [0.5, 0.6) is 0 Å². The highest BCUT2D eigenvalue weighted by Crippen LogP contribution is 2.26. The SMILES string of the molecule is COC[C@@H]1C[C@@H](OC)CN1C(=O)c1cc2c(C)cc(F)cc2[nH]1. The van der Waals surface area contributed by atoms with E-state index >= 15 is 0 Å². The molecule has 1 aromatic heterocycles. The molecule has 1 aromatic carbocycles. The van der Waals surface area contributed by atoms with E-state index in [0.29, 0.717) is 24.4 Å². The van der Waals surface area contributed by atoms with Crippen LogP contribution in [0, 0.1) is 12.7 Å². The van der Waals surface area contributed by atoms with E-state index in [1.807, 2.05) is 6.92 Å². The van der Waals surface area contributed by atoms with Crippen molar-refractivity contribution in [2.45, 2.75) is 25.5 Å². The number of H-pyrrole nitrogens is 1. The summed E-state index contributed by atoms with van der Waals surface area (Å²) in [5.74, 6) is -0.420. The van der Waals surface area contributed by atoms with E-state index in [1.165, 1.54) is 12.1 Å². The zero-order valence-electron chi connectivity index (χ0n) is 13.6. The van der Waals surface area contributed by atoms with Crippen molar-refractivity contribution >= 4 is 16.8 Å². The maximum atomic E-state index is 13.5. The predicted molar refractivity (Wildman–Crippen MR) is 85.1 cm³/mol. The summed E-state index contributed by atoms with van der Waals surface area (Å²) in [4.78, 5) is 17.7. The van der Waals surface area contributed by atoms with E-state index < -0.39 is 0 Å². The van der Waals surface area contributed by atoms with Crippen molar-refractivity contribution < 1.29 is 18.7 Å². The van der Waals surface area contributed by atoms with Gasteiger partial charge in [0.25, 0.3) is 5.91 Å². The lowest BCUT2D eigenvalue weighted by Gasteiger charge is -2.23. The molecule has 2 heterocycles. The first-order valence-corrected chi connectivity index (χ1v) is 7.65. The van der Waals surface area contributed by atoms with Gasteiger partial charge in [-0.25, -0.2) is 4.39 Å². The second-order valence-corrected chi connectivity index (χ2v) is 6.03. The monoisotopic (exact) mass is 320 g/mol. The number of benzene rings is 1. The van der Waals surface area contributed by atoms with Gasteiger partial charge in [-0.1, -0.05) is 0 Å². The molecule has 1 N–H and O–H groups in total. The number of carbonyl (C=O) groups is 1. The molecule has 0 aliphatic carbocycles. The van der Waals surface area contributed by atoms with Gasteiger partial charge in [-0.15, -0.1) is 0 Å². The van der Waals surface area contributed by atoms with E-state index in [9.17, 15) is 9.18 Å². The maximum Gasteiger partial charge on any atom is 0.270 e. The molecule has 0 bridgehead atoms. The van der Waals surface area contributed by atoms with Crippen molar-refractivity contribution in [1.82, 2.24) is 9.88 Å². The fourth-order valence-corrected chi connectivity index (χ4v) is 3.29. The van der Waals surface area contributed by atoms with Gasteiger partial charge in [-0.2, -0.15) is 0 Å². The molecule has 0 spiro atoms. The molecule has 1 aliphatic heterocycles. The molecule has 0 saturated carbocycles. The Labute approximate surface area is 134 Å². The van der Waals surface area contributed by atoms with Crippen molar-refractivity contribution in [1.29, 1.82) is 0 Å². The van der Waals surface area contributed by atoms with Crippen molar-refractivity contribution in [3.63, 3.8) is 0 Å². The number of aryl methyl sites for hydroxylation is 1. The Morgan fingerprint density at radius 2 is 2.17 bits per heavy atom. The number of aromatic nitrogens is 1. The Kier molecular flexibility index (Phi) is 4.37. The van der Waals surface area contributed by atoms with E-state index in [1.54, 1.807) is 25.2 Å². The number of likely N-dealkylation sites (tertiary alicyclic amines) is 1. The number of carbonyl (C=O) groups excluding carboxylic acids is 1. The van der Waals surface area contributed by atoms with Crippen LogP contribution in [0.4, 0.5) is 4.39 Å². The van der Waals surface area contributed by atoms with Crippen LogP contribution in [0.1, 0.15) is 22.5 Å². The number of hydrogen-bond donors (Lipinski definition) is 1. The van der Waals surface area contributed by atoms with Crippen LogP contribution in [0.2, 0.25) is 0 Å². The van der Waals surface area contributed by atoms with Crippen LogP contribution < -0.4 is 0 Å². The zero-order valence-corrected chi connectivity index (χ0v) is 13.6. The summed E-state index contributed by atoms with van der Waals surface area (Å²) in [5, 5.41) is 0.862. The average Bonchev–Trinajstić information content (AvgIpc) is 3.11. The summed E-state index contributed by atoms with van der Waals surface area (Å²) in [5.41, 5.74) is 1.91. The normalized spacial score (nSPS) is 21.3. The minimum absolute atomic E-state index is 0.0123. The second-order valence-electron chi connectivity index (χ2n) is 6.03. The number of nitrogens with one attached hydrogen (secondary N) is 1. The van der Waals surface area contributed by atoms with E-state index in [0.717, 1.165) is 17.4 Å². The van der Waals surface area contributed by atoms with Crippen LogP contribution in [0.3, 0.4) is 0 Å². The lowest BCUT2D eigenvalue weighted by Crippen LogP contribution is -2.38. The third-order valence-corrected chi connectivity index (χ3v) is 4.47. The minimum atomic E-state index is -0.311. The van der Waals surface area contributed by atoms with Crippen LogP contribution >= 0.6 is 0 Å². The molecule has 1 saturated heterocycles. The van der Waals surface area contributed by atoms with Crippen LogP contribution in [-0.4, -0.2) is 55.3 Å². The van der Waals surface area contributed by atoms with Crippen LogP contribution in [0.25, 0.3) is 10.9 Å². The summed E-state index contributed by atoms with van der Waals surface area (Å²) in [7, 11) is 3.27. The number of methoxy groups -OCH3 is 2. The van der Waals surface area contributed by atoms with Crippen molar-refractivity contribution in [3.05, 3.63) is 35.3 Å². The average molecular weight is 320 g/mol. The molecule has 2 aromatic rings. The van der Waals surface area contributed by atoms with Gasteiger partial charge in [0.05, 0.1) is 18.8 Å².